The van der Waals surface area contributed by atoms with Gasteiger partial charge in [0.1, 0.15) is 0 Å². The van der Waals surface area contributed by atoms with Gasteiger partial charge in [-0.05, 0) is 35.2 Å². The fraction of sp³-hybridized carbons (Fsp3) is 0.333. The van der Waals surface area contributed by atoms with Gasteiger partial charge < -0.3 is 4.74 Å². The summed E-state index contributed by atoms with van der Waals surface area (Å²) >= 11 is 1.35. The number of sulfonamides is 1. The first-order chi connectivity index (χ1) is 15.6. The van der Waals surface area contributed by atoms with Crippen LogP contribution in [0.2, 0.25) is 0 Å². The number of morpholine rings is 1. The summed E-state index contributed by atoms with van der Waals surface area (Å²) in [6, 6.07) is 14.2. The van der Waals surface area contributed by atoms with E-state index >= 15 is 0 Å². The second-order valence-electron chi connectivity index (χ2n) is 8.86. The molecule has 1 aliphatic heterocycles. The van der Waals surface area contributed by atoms with Gasteiger partial charge in [-0.25, -0.2) is 13.4 Å². The van der Waals surface area contributed by atoms with Crippen molar-refractivity contribution in [2.24, 2.45) is 0 Å². The molecule has 0 saturated carbocycles. The lowest BCUT2D eigenvalue weighted by molar-refractivity contribution is 0.0730. The van der Waals surface area contributed by atoms with Crippen molar-refractivity contribution < 1.29 is 17.9 Å². The molecule has 7 nitrogen and oxygen atoms in total. The molecule has 1 aliphatic rings. The number of thiazole rings is 1. The monoisotopic (exact) mass is 485 g/mol. The van der Waals surface area contributed by atoms with E-state index in [0.29, 0.717) is 37.0 Å². The molecule has 0 spiro atoms. The van der Waals surface area contributed by atoms with Gasteiger partial charge in [0, 0.05) is 29.6 Å². The van der Waals surface area contributed by atoms with Crippen LogP contribution >= 0.6 is 11.3 Å². The summed E-state index contributed by atoms with van der Waals surface area (Å²) in [5.41, 5.74) is 3.47. The highest BCUT2D eigenvalue weighted by molar-refractivity contribution is 7.89. The van der Waals surface area contributed by atoms with E-state index in [-0.39, 0.29) is 16.2 Å². The number of hydrogen-bond donors (Lipinski definition) is 1. The molecule has 33 heavy (non-hydrogen) atoms. The highest BCUT2D eigenvalue weighted by Crippen LogP contribution is 2.28. The third-order valence-electron chi connectivity index (χ3n) is 5.50. The summed E-state index contributed by atoms with van der Waals surface area (Å²) in [7, 11) is -3.59. The summed E-state index contributed by atoms with van der Waals surface area (Å²) in [5.74, 6) is -0.339. The lowest BCUT2D eigenvalue weighted by Gasteiger charge is -2.26. The molecule has 2 heterocycles. The molecular weight excluding hydrogens is 458 g/mol. The molecule has 174 valence electrons. The number of amides is 1. The van der Waals surface area contributed by atoms with Gasteiger partial charge in [0.25, 0.3) is 5.91 Å². The van der Waals surface area contributed by atoms with E-state index in [1.807, 2.05) is 17.5 Å². The second-order valence-corrected chi connectivity index (χ2v) is 11.7. The summed E-state index contributed by atoms with van der Waals surface area (Å²) in [4.78, 5) is 17.3. The molecule has 0 radical (unpaired) electrons. The Bertz CT molecular complexity index is 1220. The van der Waals surface area contributed by atoms with Crippen molar-refractivity contribution in [3.05, 3.63) is 65.0 Å². The highest BCUT2D eigenvalue weighted by Gasteiger charge is 2.26. The molecule has 0 aliphatic carbocycles. The lowest BCUT2D eigenvalue weighted by atomic mass is 9.86. The number of carbonyl (C=O) groups is 1. The molecule has 0 atom stereocenters. The first-order valence-corrected chi connectivity index (χ1v) is 13.0. The van der Waals surface area contributed by atoms with E-state index in [2.05, 4.69) is 43.2 Å². The minimum absolute atomic E-state index is 0.0802. The minimum Gasteiger partial charge on any atom is -0.379 e. The molecule has 3 aromatic rings. The second kappa shape index (κ2) is 9.34. The standard InChI is InChI=1S/C24H27N3O4S2/c1-24(2,3)19-8-4-17(5-9-19)21-16-32-23(25-21)26-22(28)18-6-10-20(11-7-18)33(29,30)27-12-14-31-15-13-27/h4-11,16H,12-15H2,1-3H3,(H,25,26,28). The van der Waals surface area contributed by atoms with E-state index in [1.54, 1.807) is 0 Å². The van der Waals surface area contributed by atoms with E-state index in [0.717, 1.165) is 11.3 Å². The minimum atomic E-state index is -3.59. The average molecular weight is 486 g/mol. The van der Waals surface area contributed by atoms with Crippen LogP contribution in [0.3, 0.4) is 0 Å². The summed E-state index contributed by atoms with van der Waals surface area (Å²) in [5, 5.41) is 5.19. The maximum Gasteiger partial charge on any atom is 0.257 e. The Kier molecular flexibility index (Phi) is 6.67. The van der Waals surface area contributed by atoms with Gasteiger partial charge in [0.2, 0.25) is 10.0 Å². The molecule has 0 bridgehead atoms. The number of nitrogens with zero attached hydrogens (tertiary/aromatic N) is 2. The van der Waals surface area contributed by atoms with Crippen LogP contribution in [0.4, 0.5) is 5.13 Å². The molecular formula is C24H27N3O4S2. The molecule has 1 amide bonds. The van der Waals surface area contributed by atoms with Crippen molar-refractivity contribution in [1.82, 2.24) is 9.29 Å². The number of rotatable bonds is 5. The van der Waals surface area contributed by atoms with E-state index < -0.39 is 10.0 Å². The molecule has 0 unspecified atom stereocenters. The number of carbonyl (C=O) groups excluding carboxylic acids is 1. The number of nitrogens with one attached hydrogen (secondary N) is 1. The van der Waals surface area contributed by atoms with Crippen molar-refractivity contribution >= 4 is 32.4 Å². The molecule has 9 heteroatoms. The third-order valence-corrected chi connectivity index (χ3v) is 8.17. The van der Waals surface area contributed by atoms with Crippen LogP contribution in [0.25, 0.3) is 11.3 Å². The smallest absolute Gasteiger partial charge is 0.257 e. The van der Waals surface area contributed by atoms with Crippen LogP contribution < -0.4 is 5.32 Å². The zero-order valence-electron chi connectivity index (χ0n) is 18.9. The Morgan fingerprint density at radius 1 is 1.03 bits per heavy atom. The molecule has 1 fully saturated rings. The van der Waals surface area contributed by atoms with Gasteiger partial charge in [0.15, 0.2) is 5.13 Å². The summed E-state index contributed by atoms with van der Waals surface area (Å²) in [6.07, 6.45) is 0. The van der Waals surface area contributed by atoms with Gasteiger partial charge in [-0.15, -0.1) is 11.3 Å². The summed E-state index contributed by atoms with van der Waals surface area (Å²) < 4.78 is 32.1. The maximum atomic E-state index is 12.7. The van der Waals surface area contributed by atoms with Crippen molar-refractivity contribution in [3.8, 4) is 11.3 Å². The summed E-state index contributed by atoms with van der Waals surface area (Å²) in [6.45, 7) is 7.94. The largest absolute Gasteiger partial charge is 0.379 e. The van der Waals surface area contributed by atoms with Gasteiger partial charge >= 0.3 is 0 Å². The molecule has 1 saturated heterocycles. The van der Waals surface area contributed by atoms with Crippen LogP contribution in [-0.4, -0.2) is 49.9 Å². The number of anilines is 1. The Hall–Kier alpha value is -2.59. The van der Waals surface area contributed by atoms with Gasteiger partial charge in [-0.3, -0.25) is 10.1 Å². The first-order valence-electron chi connectivity index (χ1n) is 10.7. The zero-order chi connectivity index (χ0) is 23.6. The first kappa shape index (κ1) is 23.6. The highest BCUT2D eigenvalue weighted by atomic mass is 32.2. The van der Waals surface area contributed by atoms with Crippen LogP contribution in [0.1, 0.15) is 36.7 Å². The van der Waals surface area contributed by atoms with Crippen LogP contribution in [-0.2, 0) is 20.2 Å². The van der Waals surface area contributed by atoms with E-state index in [4.69, 9.17) is 4.74 Å². The Morgan fingerprint density at radius 2 is 1.67 bits per heavy atom. The lowest BCUT2D eigenvalue weighted by Crippen LogP contribution is -2.40. The third kappa shape index (κ3) is 5.33. The molecule has 1 aromatic heterocycles. The Labute approximate surface area is 198 Å². The SMILES string of the molecule is CC(C)(C)c1ccc(-c2csc(NC(=O)c3ccc(S(=O)(=O)N4CCOCC4)cc3)n2)cc1. The number of aromatic nitrogens is 1. The number of ether oxygens (including phenoxy) is 1. The normalized spacial score (nSPS) is 15.4. The Morgan fingerprint density at radius 3 is 2.27 bits per heavy atom. The number of hydrogen-bond acceptors (Lipinski definition) is 6. The van der Waals surface area contributed by atoms with E-state index in [1.165, 1.54) is 45.5 Å². The van der Waals surface area contributed by atoms with Gasteiger partial charge in [-0.1, -0.05) is 45.0 Å². The predicted octanol–water partition coefficient (Wildman–Crippen LogP) is 4.38. The average Bonchev–Trinajstić information content (AvgIpc) is 3.27. The van der Waals surface area contributed by atoms with Crippen molar-refractivity contribution in [3.63, 3.8) is 0 Å². The van der Waals surface area contributed by atoms with Crippen molar-refractivity contribution in [2.45, 2.75) is 31.1 Å². The van der Waals surface area contributed by atoms with Gasteiger partial charge in [-0.2, -0.15) is 4.31 Å². The van der Waals surface area contributed by atoms with Crippen molar-refractivity contribution in [1.29, 1.82) is 0 Å². The Balaban J connectivity index is 1.43. The number of benzene rings is 2. The molecule has 4 rings (SSSR count). The fourth-order valence-corrected chi connectivity index (χ4v) is 5.61. The molecule has 1 N–H and O–H groups in total. The fourth-order valence-electron chi connectivity index (χ4n) is 3.49. The van der Waals surface area contributed by atoms with Crippen LogP contribution in [0, 0.1) is 0 Å². The van der Waals surface area contributed by atoms with Crippen molar-refractivity contribution in [2.75, 3.05) is 31.6 Å². The van der Waals surface area contributed by atoms with E-state index in [9.17, 15) is 13.2 Å². The topological polar surface area (TPSA) is 88.6 Å². The van der Waals surface area contributed by atoms with Crippen LogP contribution in [0.15, 0.2) is 58.8 Å². The zero-order valence-corrected chi connectivity index (χ0v) is 20.5. The van der Waals surface area contributed by atoms with Crippen LogP contribution in [0.5, 0.6) is 0 Å². The maximum absolute atomic E-state index is 12.7. The van der Waals surface area contributed by atoms with Gasteiger partial charge in [0.05, 0.1) is 23.8 Å². The predicted molar refractivity (Wildman–Crippen MR) is 130 cm³/mol. The quantitative estimate of drug-likeness (QED) is 0.579. The molecule has 2 aromatic carbocycles.